The lowest BCUT2D eigenvalue weighted by Crippen LogP contribution is -2.41. The second kappa shape index (κ2) is 6.65. The van der Waals surface area contributed by atoms with Crippen LogP contribution < -0.4 is 0 Å². The van der Waals surface area contributed by atoms with Crippen molar-refractivity contribution in [2.24, 2.45) is 0 Å². The number of aliphatic hydroxyl groups excluding tert-OH is 1. The van der Waals surface area contributed by atoms with Gasteiger partial charge >= 0.3 is 0 Å². The van der Waals surface area contributed by atoms with Crippen LogP contribution in [0.2, 0.25) is 0 Å². The Bertz CT molecular complexity index is 389. The number of aliphatic hydroxyl groups is 1. The Morgan fingerprint density at radius 3 is 2.95 bits per heavy atom. The molecule has 1 saturated heterocycles. The van der Waals surface area contributed by atoms with Crippen molar-refractivity contribution in [2.75, 3.05) is 19.7 Å². The van der Waals surface area contributed by atoms with E-state index in [0.717, 1.165) is 25.8 Å². The van der Waals surface area contributed by atoms with Gasteiger partial charge in [-0.2, -0.15) is 4.98 Å². The lowest BCUT2D eigenvalue weighted by molar-refractivity contribution is -0.0614. The van der Waals surface area contributed by atoms with Crippen molar-refractivity contribution in [1.82, 2.24) is 15.0 Å². The molecule has 0 radical (unpaired) electrons. The van der Waals surface area contributed by atoms with Crippen molar-refractivity contribution in [3.63, 3.8) is 0 Å². The summed E-state index contributed by atoms with van der Waals surface area (Å²) in [7, 11) is 0. The number of aromatic nitrogens is 2. The molecule has 0 aromatic carbocycles. The van der Waals surface area contributed by atoms with Gasteiger partial charge in [0.1, 0.15) is 0 Å². The van der Waals surface area contributed by atoms with Gasteiger partial charge in [0.05, 0.1) is 24.4 Å². The number of likely N-dealkylation sites (tertiary alicyclic amines) is 1. The van der Waals surface area contributed by atoms with Crippen LogP contribution in [-0.4, -0.2) is 51.5 Å². The van der Waals surface area contributed by atoms with Gasteiger partial charge in [-0.1, -0.05) is 11.6 Å². The standard InChI is InChI=1S/C14H25N3O3/c1-14(2,3)19-9-11(18)8-17-7-5-4-6-12(17)13-15-10-20-16-13/h10-12,18H,4-9H2,1-3H3. The number of β-amino-alcohol motifs (C(OH)–C–C–N with tert-alkyl or cyclic N) is 1. The van der Waals surface area contributed by atoms with E-state index in [1.807, 2.05) is 20.8 Å². The maximum atomic E-state index is 10.1. The van der Waals surface area contributed by atoms with Gasteiger partial charge in [-0.15, -0.1) is 0 Å². The molecule has 0 bridgehead atoms. The molecule has 1 aliphatic rings. The second-order valence-corrected chi connectivity index (χ2v) is 6.37. The van der Waals surface area contributed by atoms with Crippen molar-refractivity contribution >= 4 is 0 Å². The van der Waals surface area contributed by atoms with E-state index >= 15 is 0 Å². The van der Waals surface area contributed by atoms with Crippen molar-refractivity contribution in [2.45, 2.75) is 57.8 Å². The Balaban J connectivity index is 1.89. The minimum atomic E-state index is -0.498. The van der Waals surface area contributed by atoms with Crippen LogP contribution in [0.3, 0.4) is 0 Å². The Morgan fingerprint density at radius 2 is 2.30 bits per heavy atom. The number of piperidine rings is 1. The van der Waals surface area contributed by atoms with E-state index in [1.54, 1.807) is 0 Å². The molecule has 1 aliphatic heterocycles. The number of rotatable bonds is 5. The average molecular weight is 283 g/mol. The summed E-state index contributed by atoms with van der Waals surface area (Å²) in [5.41, 5.74) is -0.226. The first-order valence-electron chi connectivity index (χ1n) is 7.28. The van der Waals surface area contributed by atoms with Gasteiger partial charge in [0.2, 0.25) is 6.39 Å². The normalized spacial score (nSPS) is 22.9. The maximum absolute atomic E-state index is 10.1. The summed E-state index contributed by atoms with van der Waals surface area (Å²) >= 11 is 0. The fraction of sp³-hybridized carbons (Fsp3) is 0.857. The molecule has 6 nitrogen and oxygen atoms in total. The third-order valence-corrected chi connectivity index (χ3v) is 3.44. The maximum Gasteiger partial charge on any atom is 0.213 e. The molecule has 2 unspecified atom stereocenters. The summed E-state index contributed by atoms with van der Waals surface area (Å²) < 4.78 is 10.5. The predicted molar refractivity (Wildman–Crippen MR) is 74.2 cm³/mol. The average Bonchev–Trinajstić information content (AvgIpc) is 2.90. The highest BCUT2D eigenvalue weighted by atomic mass is 16.5. The Hall–Kier alpha value is -0.980. The van der Waals surface area contributed by atoms with Gasteiger partial charge in [0, 0.05) is 6.54 Å². The number of hydrogen-bond donors (Lipinski definition) is 1. The molecule has 0 amide bonds. The van der Waals surface area contributed by atoms with Crippen LogP contribution in [-0.2, 0) is 4.74 Å². The van der Waals surface area contributed by atoms with E-state index in [-0.39, 0.29) is 11.6 Å². The third kappa shape index (κ3) is 4.54. The van der Waals surface area contributed by atoms with Crippen molar-refractivity contribution < 1.29 is 14.4 Å². The first kappa shape index (κ1) is 15.4. The fourth-order valence-electron chi connectivity index (χ4n) is 2.50. The number of hydrogen-bond acceptors (Lipinski definition) is 6. The number of ether oxygens (including phenoxy) is 1. The zero-order chi connectivity index (χ0) is 14.6. The first-order valence-corrected chi connectivity index (χ1v) is 7.28. The highest BCUT2D eigenvalue weighted by Gasteiger charge is 2.29. The van der Waals surface area contributed by atoms with E-state index in [9.17, 15) is 5.11 Å². The predicted octanol–water partition coefficient (Wildman–Crippen LogP) is 1.77. The largest absolute Gasteiger partial charge is 0.389 e. The van der Waals surface area contributed by atoms with Gasteiger partial charge in [-0.25, -0.2) is 0 Å². The van der Waals surface area contributed by atoms with E-state index in [1.165, 1.54) is 6.39 Å². The summed E-state index contributed by atoms with van der Waals surface area (Å²) in [5, 5.41) is 14.1. The minimum Gasteiger partial charge on any atom is -0.389 e. The third-order valence-electron chi connectivity index (χ3n) is 3.44. The highest BCUT2D eigenvalue weighted by molar-refractivity contribution is 4.94. The molecule has 0 spiro atoms. The lowest BCUT2D eigenvalue weighted by atomic mass is 10.0. The summed E-state index contributed by atoms with van der Waals surface area (Å²) in [6.45, 7) is 7.84. The van der Waals surface area contributed by atoms with Crippen LogP contribution in [0.25, 0.3) is 0 Å². The molecule has 20 heavy (non-hydrogen) atoms. The van der Waals surface area contributed by atoms with Crippen LogP contribution in [0.1, 0.15) is 51.9 Å². The van der Waals surface area contributed by atoms with Gasteiger partial charge in [0.25, 0.3) is 0 Å². The van der Waals surface area contributed by atoms with Crippen LogP contribution in [0.5, 0.6) is 0 Å². The number of nitrogens with zero attached hydrogens (tertiary/aromatic N) is 3. The summed E-state index contributed by atoms with van der Waals surface area (Å²) in [5.74, 6) is 0.716. The molecule has 1 fully saturated rings. The van der Waals surface area contributed by atoms with Gasteiger partial charge < -0.3 is 14.4 Å². The van der Waals surface area contributed by atoms with E-state index in [0.29, 0.717) is 19.0 Å². The molecule has 1 aromatic rings. The highest BCUT2D eigenvalue weighted by Crippen LogP contribution is 2.28. The van der Waals surface area contributed by atoms with Gasteiger partial charge in [-0.05, 0) is 40.2 Å². The van der Waals surface area contributed by atoms with Crippen molar-refractivity contribution in [3.8, 4) is 0 Å². The minimum absolute atomic E-state index is 0.145. The zero-order valence-corrected chi connectivity index (χ0v) is 12.6. The first-order chi connectivity index (χ1) is 9.46. The molecule has 0 saturated carbocycles. The Labute approximate surface area is 120 Å². The molecule has 1 N–H and O–H groups in total. The smallest absolute Gasteiger partial charge is 0.213 e. The van der Waals surface area contributed by atoms with Gasteiger partial charge in [0.15, 0.2) is 5.82 Å². The van der Waals surface area contributed by atoms with Crippen molar-refractivity contribution in [1.29, 1.82) is 0 Å². The Kier molecular flexibility index (Phi) is 5.12. The van der Waals surface area contributed by atoms with E-state index in [4.69, 9.17) is 9.26 Å². The Morgan fingerprint density at radius 1 is 1.50 bits per heavy atom. The van der Waals surface area contributed by atoms with Crippen LogP contribution in [0.15, 0.2) is 10.9 Å². The molecule has 1 aromatic heterocycles. The summed E-state index contributed by atoms with van der Waals surface area (Å²) in [4.78, 5) is 6.38. The molecular weight excluding hydrogens is 258 g/mol. The monoisotopic (exact) mass is 283 g/mol. The van der Waals surface area contributed by atoms with Gasteiger partial charge in [-0.3, -0.25) is 4.90 Å². The topological polar surface area (TPSA) is 71.6 Å². The molecule has 2 heterocycles. The SMILES string of the molecule is CC(C)(C)OCC(O)CN1CCCCC1c1ncon1. The van der Waals surface area contributed by atoms with E-state index < -0.39 is 6.10 Å². The molecule has 2 rings (SSSR count). The zero-order valence-electron chi connectivity index (χ0n) is 12.6. The van der Waals surface area contributed by atoms with Crippen LogP contribution in [0, 0.1) is 0 Å². The molecule has 6 heteroatoms. The molecule has 0 aliphatic carbocycles. The summed E-state index contributed by atoms with van der Waals surface area (Å²) in [6, 6.07) is 0.145. The van der Waals surface area contributed by atoms with Crippen molar-refractivity contribution in [3.05, 3.63) is 12.2 Å². The second-order valence-electron chi connectivity index (χ2n) is 6.37. The lowest BCUT2D eigenvalue weighted by Gasteiger charge is -2.35. The quantitative estimate of drug-likeness (QED) is 0.888. The van der Waals surface area contributed by atoms with Crippen LogP contribution >= 0.6 is 0 Å². The summed E-state index contributed by atoms with van der Waals surface area (Å²) in [6.07, 6.45) is 4.17. The van der Waals surface area contributed by atoms with Crippen LogP contribution in [0.4, 0.5) is 0 Å². The molecule has 2 atom stereocenters. The van der Waals surface area contributed by atoms with E-state index in [2.05, 4.69) is 15.0 Å². The molecule has 114 valence electrons. The molecular formula is C14H25N3O3. The fourth-order valence-corrected chi connectivity index (χ4v) is 2.50.